The van der Waals surface area contributed by atoms with Gasteiger partial charge in [0.25, 0.3) is 0 Å². The largest absolute Gasteiger partial charge is 0.406 e. The van der Waals surface area contributed by atoms with Crippen LogP contribution in [0.3, 0.4) is 0 Å². The first kappa shape index (κ1) is 18.9. The lowest BCUT2D eigenvalue weighted by atomic mass is 9.81. The number of likely N-dealkylation sites (N-methyl/N-ethyl adjacent to an activating group) is 1. The molecule has 0 saturated heterocycles. The monoisotopic (exact) mass is 392 g/mol. The van der Waals surface area contributed by atoms with Crippen molar-refractivity contribution in [2.75, 3.05) is 26.7 Å². The molecule has 2 aromatic rings. The van der Waals surface area contributed by atoms with Gasteiger partial charge in [0.05, 0.1) is 6.04 Å². The number of H-pyrrole nitrogens is 1. The molecule has 2 heterocycles. The fourth-order valence-electron chi connectivity index (χ4n) is 4.34. The molecule has 1 aromatic heterocycles. The van der Waals surface area contributed by atoms with Crippen molar-refractivity contribution in [2.24, 2.45) is 0 Å². The number of alkyl halides is 3. The van der Waals surface area contributed by atoms with E-state index >= 15 is 0 Å². The highest BCUT2D eigenvalue weighted by atomic mass is 19.4. The van der Waals surface area contributed by atoms with Gasteiger partial charge in [0.2, 0.25) is 0 Å². The molecule has 0 fully saturated rings. The number of rotatable bonds is 3. The van der Waals surface area contributed by atoms with Crippen LogP contribution in [0.2, 0.25) is 0 Å². The van der Waals surface area contributed by atoms with E-state index in [1.165, 1.54) is 10.9 Å². The minimum Gasteiger partial charge on any atom is -0.361 e. The van der Waals surface area contributed by atoms with Gasteiger partial charge < -0.3 is 15.2 Å². The molecule has 2 unspecified atom stereocenters. The molecular formula is C20H23F3N4O. The summed E-state index contributed by atoms with van der Waals surface area (Å²) < 4.78 is 38.1. The number of aromatic nitrogens is 1. The van der Waals surface area contributed by atoms with Crippen LogP contribution in [0, 0.1) is 0 Å². The first-order chi connectivity index (χ1) is 13.3. The van der Waals surface area contributed by atoms with Crippen molar-refractivity contribution in [3.8, 4) is 0 Å². The molecule has 8 heteroatoms. The normalized spacial score (nSPS) is 22.0. The Morgan fingerprint density at radius 3 is 2.89 bits per heavy atom. The lowest BCUT2D eigenvalue weighted by Crippen LogP contribution is -2.53. The fraction of sp³-hybridized carbons (Fsp3) is 0.450. The number of carbonyl (C=O) groups excluding carboxylic acids is 1. The second kappa shape index (κ2) is 6.84. The third kappa shape index (κ3) is 3.37. The molecule has 150 valence electrons. The highest BCUT2D eigenvalue weighted by Gasteiger charge is 2.36. The Labute approximate surface area is 161 Å². The molecular weight excluding hydrogens is 369 g/mol. The molecule has 1 aliphatic heterocycles. The van der Waals surface area contributed by atoms with Gasteiger partial charge in [0, 0.05) is 36.2 Å². The molecule has 2 atom stereocenters. The van der Waals surface area contributed by atoms with Crippen LogP contribution in [0.5, 0.6) is 0 Å². The zero-order valence-corrected chi connectivity index (χ0v) is 15.8. The Kier molecular flexibility index (Phi) is 4.61. The summed E-state index contributed by atoms with van der Waals surface area (Å²) in [5.74, 6) is 0. The van der Waals surface area contributed by atoms with E-state index in [0.717, 1.165) is 28.0 Å². The van der Waals surface area contributed by atoms with Gasteiger partial charge in [-0.25, -0.2) is 4.79 Å². The summed E-state index contributed by atoms with van der Waals surface area (Å²) in [4.78, 5) is 18.6. The predicted molar refractivity (Wildman–Crippen MR) is 102 cm³/mol. The van der Waals surface area contributed by atoms with Crippen LogP contribution in [0.4, 0.5) is 18.0 Å². The van der Waals surface area contributed by atoms with Gasteiger partial charge in [0.1, 0.15) is 6.54 Å². The first-order valence-electron chi connectivity index (χ1n) is 9.40. The average Bonchev–Trinajstić information content (AvgIpc) is 3.04. The molecule has 0 bridgehead atoms. The van der Waals surface area contributed by atoms with Crippen LogP contribution in [-0.2, 0) is 6.42 Å². The fourth-order valence-corrected chi connectivity index (χ4v) is 4.34. The van der Waals surface area contributed by atoms with E-state index in [-0.39, 0.29) is 18.6 Å². The topological polar surface area (TPSA) is 51.4 Å². The maximum Gasteiger partial charge on any atom is 0.406 e. The van der Waals surface area contributed by atoms with Crippen molar-refractivity contribution in [1.29, 1.82) is 0 Å². The number of nitrogens with one attached hydrogen (secondary N) is 2. The summed E-state index contributed by atoms with van der Waals surface area (Å²) in [6.45, 7) is 0.851. The second-order valence-corrected chi connectivity index (χ2v) is 7.51. The third-order valence-corrected chi connectivity index (χ3v) is 5.62. The number of hydrogen-bond acceptors (Lipinski definition) is 2. The van der Waals surface area contributed by atoms with Gasteiger partial charge in [-0.2, -0.15) is 13.2 Å². The van der Waals surface area contributed by atoms with Gasteiger partial charge in [0.15, 0.2) is 0 Å². The minimum absolute atomic E-state index is 0.000876. The van der Waals surface area contributed by atoms with Crippen LogP contribution in [-0.4, -0.2) is 65.8 Å². The van der Waals surface area contributed by atoms with Crippen molar-refractivity contribution < 1.29 is 18.0 Å². The Bertz CT molecular complexity index is 933. The molecule has 1 aromatic carbocycles. The van der Waals surface area contributed by atoms with Crippen molar-refractivity contribution in [2.45, 2.75) is 31.6 Å². The van der Waals surface area contributed by atoms with E-state index in [9.17, 15) is 18.0 Å². The molecule has 0 radical (unpaired) electrons. The zero-order chi connectivity index (χ0) is 20.1. The van der Waals surface area contributed by atoms with Crippen LogP contribution in [0.25, 0.3) is 16.5 Å². The Hall–Kier alpha value is -2.48. The van der Waals surface area contributed by atoms with E-state index < -0.39 is 18.8 Å². The summed E-state index contributed by atoms with van der Waals surface area (Å²) in [5.41, 5.74) is 4.58. The summed E-state index contributed by atoms with van der Waals surface area (Å²) in [6.07, 6.45) is 0.511. The maximum atomic E-state index is 12.7. The summed E-state index contributed by atoms with van der Waals surface area (Å²) in [5, 5.41) is 3.96. The lowest BCUT2D eigenvalue weighted by Gasteiger charge is -2.40. The number of aromatic amines is 1. The highest BCUT2D eigenvalue weighted by molar-refractivity contribution is 5.98. The first-order valence-corrected chi connectivity index (χ1v) is 9.40. The van der Waals surface area contributed by atoms with Gasteiger partial charge >= 0.3 is 12.2 Å². The Morgan fingerprint density at radius 1 is 1.39 bits per heavy atom. The summed E-state index contributed by atoms with van der Waals surface area (Å²) in [7, 11) is 1.99. The molecule has 2 N–H and O–H groups in total. The number of nitrogens with zero attached hydrogens (tertiary/aromatic N) is 2. The smallest absolute Gasteiger partial charge is 0.361 e. The highest BCUT2D eigenvalue weighted by Crippen LogP contribution is 2.39. The van der Waals surface area contributed by atoms with E-state index in [1.807, 2.05) is 31.5 Å². The molecule has 2 amide bonds. The number of benzene rings is 1. The maximum absolute atomic E-state index is 12.7. The quantitative estimate of drug-likeness (QED) is 0.842. The van der Waals surface area contributed by atoms with Crippen molar-refractivity contribution in [3.05, 3.63) is 41.6 Å². The van der Waals surface area contributed by atoms with Crippen LogP contribution < -0.4 is 5.32 Å². The van der Waals surface area contributed by atoms with Crippen LogP contribution in [0.1, 0.15) is 18.1 Å². The number of halogens is 3. The Morgan fingerprint density at radius 2 is 2.18 bits per heavy atom. The summed E-state index contributed by atoms with van der Waals surface area (Å²) in [6, 6.07) is 5.25. The second-order valence-electron chi connectivity index (χ2n) is 7.51. The van der Waals surface area contributed by atoms with Crippen LogP contribution in [0.15, 0.2) is 30.5 Å². The molecule has 5 nitrogen and oxygen atoms in total. The number of amides is 2. The number of carbonyl (C=O) groups is 1. The predicted octanol–water partition coefficient (Wildman–Crippen LogP) is 3.38. The van der Waals surface area contributed by atoms with Gasteiger partial charge in [-0.05, 0) is 43.2 Å². The lowest BCUT2D eigenvalue weighted by molar-refractivity contribution is -0.139. The van der Waals surface area contributed by atoms with Crippen molar-refractivity contribution in [3.63, 3.8) is 0 Å². The van der Waals surface area contributed by atoms with Crippen LogP contribution >= 0.6 is 0 Å². The Balaban J connectivity index is 1.61. The average molecular weight is 392 g/mol. The standard InChI is InChI=1S/C20H23F3N4O/c1-3-27(11-20(21,22)23)19(28)25-13-8-15-14-5-4-6-16-18(14)12(9-24-16)7-17(15)26(2)10-13/h4-6,8-9,13,17,24H,3,7,10-11H2,1-2H3,(H,25,28). The summed E-state index contributed by atoms with van der Waals surface area (Å²) >= 11 is 0. The molecule has 28 heavy (non-hydrogen) atoms. The van der Waals surface area contributed by atoms with E-state index in [4.69, 9.17) is 0 Å². The SMILES string of the molecule is CCN(CC(F)(F)F)C(=O)NC1C=C2c3cccc4[nH]cc(c34)CC2N(C)C1. The zero-order valence-electron chi connectivity index (χ0n) is 15.8. The molecule has 2 aliphatic rings. The third-order valence-electron chi connectivity index (χ3n) is 5.62. The van der Waals surface area contributed by atoms with Crippen molar-refractivity contribution in [1.82, 2.24) is 20.1 Å². The molecule has 4 rings (SSSR count). The number of hydrogen-bond donors (Lipinski definition) is 2. The van der Waals surface area contributed by atoms with Gasteiger partial charge in [-0.1, -0.05) is 18.2 Å². The molecule has 0 spiro atoms. The van der Waals surface area contributed by atoms with E-state index in [0.29, 0.717) is 6.54 Å². The number of urea groups is 1. The molecule has 0 saturated carbocycles. The minimum atomic E-state index is -4.41. The van der Waals surface area contributed by atoms with E-state index in [1.54, 1.807) is 6.92 Å². The van der Waals surface area contributed by atoms with E-state index in [2.05, 4.69) is 21.3 Å². The number of fused-ring (bicyclic) bond motifs is 2. The van der Waals surface area contributed by atoms with Gasteiger partial charge in [-0.15, -0.1) is 0 Å². The van der Waals surface area contributed by atoms with Gasteiger partial charge in [-0.3, -0.25) is 4.90 Å². The van der Waals surface area contributed by atoms with Crippen molar-refractivity contribution >= 4 is 22.5 Å². The molecule has 1 aliphatic carbocycles.